The SMILES string of the molecule is CC[Si](CC)(CC)O[C@H]([C@@H](C)[C@@H](O[Si](C)(C)C(C)(C)C)[C@H](C)CO[Si](c1ccccc1)(c1ccccc1)C(C)(C)C)[C@@H](C)[C@H](O)CC(=O)C(C)C. The molecule has 0 fully saturated rings. The molecule has 0 bridgehead atoms. The normalized spacial score (nSPS) is 17.1. The van der Waals surface area contributed by atoms with E-state index in [0.717, 1.165) is 18.1 Å². The predicted octanol–water partition coefficient (Wildman–Crippen LogP) is 10.2. The van der Waals surface area contributed by atoms with E-state index in [2.05, 4.69) is 157 Å². The van der Waals surface area contributed by atoms with E-state index < -0.39 is 31.1 Å². The van der Waals surface area contributed by atoms with Gasteiger partial charge in [-0.1, -0.05) is 158 Å². The Labute approximate surface area is 317 Å². The number of aliphatic hydroxyl groups is 1. The Morgan fingerprint density at radius 1 is 0.686 bits per heavy atom. The van der Waals surface area contributed by atoms with Crippen LogP contribution in [0, 0.1) is 23.7 Å². The monoisotopic (exact) mass is 757 g/mol. The number of hydrogen-bond donors (Lipinski definition) is 1. The molecule has 1 N–H and O–H groups in total. The standard InChI is InChI=1S/C43H76O5Si3/c1-17-50(18-2,19-3)48-41(34(7)39(45)30-38(44)32(4)5)35(8)40(47-49(15,16)42(9,10)11)33(6)31-46-51(43(12,13)14,36-26-22-20-23-27-36)37-28-24-21-25-29-37/h20-29,32-35,39-41,45H,17-19,30-31H2,1-16H3/t33-,34+,35+,39-,40+,41+/m1/s1. The molecule has 0 saturated heterocycles. The van der Waals surface area contributed by atoms with Gasteiger partial charge in [-0.2, -0.15) is 0 Å². The maximum Gasteiger partial charge on any atom is 0.261 e. The fraction of sp³-hybridized carbons (Fsp3) is 0.698. The molecule has 0 saturated carbocycles. The Morgan fingerprint density at radius 2 is 1.14 bits per heavy atom. The van der Waals surface area contributed by atoms with E-state index in [0.29, 0.717) is 6.61 Å². The highest BCUT2D eigenvalue weighted by atomic mass is 28.4. The van der Waals surface area contributed by atoms with E-state index in [-0.39, 0.29) is 58.2 Å². The second kappa shape index (κ2) is 18.8. The molecular weight excluding hydrogens is 681 g/mol. The third-order valence-electron chi connectivity index (χ3n) is 12.3. The van der Waals surface area contributed by atoms with Crippen molar-refractivity contribution in [2.24, 2.45) is 23.7 Å². The molecule has 0 spiro atoms. The van der Waals surface area contributed by atoms with E-state index >= 15 is 0 Å². The van der Waals surface area contributed by atoms with Gasteiger partial charge in [-0.05, 0) is 51.7 Å². The van der Waals surface area contributed by atoms with Gasteiger partial charge in [-0.25, -0.2) is 0 Å². The van der Waals surface area contributed by atoms with Crippen LogP contribution in [0.15, 0.2) is 60.7 Å². The summed E-state index contributed by atoms with van der Waals surface area (Å²) in [5.74, 6) is -0.287. The van der Waals surface area contributed by atoms with Crippen molar-refractivity contribution in [1.29, 1.82) is 0 Å². The summed E-state index contributed by atoms with van der Waals surface area (Å²) in [6.45, 7) is 36.3. The van der Waals surface area contributed by atoms with Crippen LogP contribution in [0.25, 0.3) is 0 Å². The average Bonchev–Trinajstić information content (AvgIpc) is 3.07. The van der Waals surface area contributed by atoms with Crippen LogP contribution >= 0.6 is 0 Å². The zero-order valence-electron chi connectivity index (χ0n) is 35.4. The number of ketones is 1. The second-order valence-corrected chi connectivity index (χ2v) is 32.0. The quantitative estimate of drug-likeness (QED) is 0.136. The lowest BCUT2D eigenvalue weighted by molar-refractivity contribution is -0.125. The van der Waals surface area contributed by atoms with Crippen LogP contribution in [0.4, 0.5) is 0 Å². The summed E-state index contributed by atoms with van der Waals surface area (Å²) in [7, 11) is -7.17. The van der Waals surface area contributed by atoms with Gasteiger partial charge in [-0.15, -0.1) is 0 Å². The van der Waals surface area contributed by atoms with Crippen LogP contribution < -0.4 is 10.4 Å². The molecule has 0 aliphatic rings. The first kappa shape index (κ1) is 45.8. The average molecular weight is 757 g/mol. The predicted molar refractivity (Wildman–Crippen MR) is 226 cm³/mol. The van der Waals surface area contributed by atoms with Crippen LogP contribution in [0.1, 0.15) is 103 Å². The highest BCUT2D eigenvalue weighted by molar-refractivity contribution is 6.99. The molecule has 5 nitrogen and oxygen atoms in total. The van der Waals surface area contributed by atoms with Crippen molar-refractivity contribution in [2.45, 2.75) is 163 Å². The second-order valence-electron chi connectivity index (χ2n) is 18.2. The van der Waals surface area contributed by atoms with Crippen molar-refractivity contribution in [3.05, 3.63) is 60.7 Å². The number of Topliss-reactive ketones (excluding diaryl/α,β-unsaturated/α-hetero) is 1. The van der Waals surface area contributed by atoms with E-state index in [1.54, 1.807) is 0 Å². The largest absolute Gasteiger partial charge is 0.413 e. The number of carbonyl (C=O) groups is 1. The molecule has 2 aromatic rings. The Balaban J connectivity index is 2.74. The van der Waals surface area contributed by atoms with Gasteiger partial charge < -0.3 is 18.4 Å². The lowest BCUT2D eigenvalue weighted by Crippen LogP contribution is -2.67. The van der Waals surface area contributed by atoms with Gasteiger partial charge in [0.2, 0.25) is 0 Å². The van der Waals surface area contributed by atoms with Crippen molar-refractivity contribution in [3.63, 3.8) is 0 Å². The summed E-state index contributed by atoms with van der Waals surface area (Å²) >= 11 is 0. The Kier molecular flexibility index (Phi) is 16.8. The Bertz CT molecular complexity index is 1270. The van der Waals surface area contributed by atoms with Crippen molar-refractivity contribution in [1.82, 2.24) is 0 Å². The zero-order valence-corrected chi connectivity index (χ0v) is 38.4. The minimum Gasteiger partial charge on any atom is -0.413 e. The molecule has 290 valence electrons. The highest BCUT2D eigenvalue weighted by Crippen LogP contribution is 2.43. The van der Waals surface area contributed by atoms with Gasteiger partial charge in [0.1, 0.15) is 5.78 Å². The highest BCUT2D eigenvalue weighted by Gasteiger charge is 2.52. The van der Waals surface area contributed by atoms with Crippen LogP contribution in [0.3, 0.4) is 0 Å². The Morgan fingerprint density at radius 3 is 1.51 bits per heavy atom. The van der Waals surface area contributed by atoms with E-state index in [9.17, 15) is 9.90 Å². The Hall–Kier alpha value is -1.40. The summed E-state index contributed by atoms with van der Waals surface area (Å²) in [6.07, 6.45) is -1.09. The van der Waals surface area contributed by atoms with Crippen LogP contribution in [0.5, 0.6) is 0 Å². The molecule has 8 heteroatoms. The topological polar surface area (TPSA) is 65.0 Å². The van der Waals surface area contributed by atoms with Gasteiger partial charge in [0.15, 0.2) is 16.6 Å². The van der Waals surface area contributed by atoms with Gasteiger partial charge in [0, 0.05) is 36.7 Å². The molecule has 0 radical (unpaired) electrons. The zero-order chi connectivity index (χ0) is 39.0. The van der Waals surface area contributed by atoms with Crippen LogP contribution in [-0.2, 0) is 18.1 Å². The molecule has 6 atom stereocenters. The fourth-order valence-electron chi connectivity index (χ4n) is 7.39. The first-order valence-electron chi connectivity index (χ1n) is 19.9. The van der Waals surface area contributed by atoms with Crippen molar-refractivity contribution < 1.29 is 23.2 Å². The third-order valence-corrected chi connectivity index (χ3v) is 26.4. The molecule has 0 aliphatic carbocycles. The number of carbonyl (C=O) groups excluding carboxylic acids is 1. The molecule has 0 aromatic heterocycles. The minimum atomic E-state index is -2.79. The molecular formula is C43H76O5Si3. The van der Waals surface area contributed by atoms with Crippen LogP contribution in [0.2, 0.25) is 41.3 Å². The van der Waals surface area contributed by atoms with Gasteiger partial charge >= 0.3 is 0 Å². The molecule has 0 heterocycles. The lowest BCUT2D eigenvalue weighted by Gasteiger charge is -2.48. The maximum absolute atomic E-state index is 12.9. The number of hydrogen-bond acceptors (Lipinski definition) is 5. The molecule has 0 aliphatic heterocycles. The summed E-state index contributed by atoms with van der Waals surface area (Å²) < 4.78 is 22.4. The van der Waals surface area contributed by atoms with Gasteiger partial charge in [0.25, 0.3) is 8.32 Å². The number of benzene rings is 2. The molecule has 0 unspecified atom stereocenters. The maximum atomic E-state index is 12.9. The fourth-order valence-corrected chi connectivity index (χ4v) is 16.5. The minimum absolute atomic E-state index is 0.00345. The summed E-state index contributed by atoms with van der Waals surface area (Å²) in [6, 6.07) is 24.7. The van der Waals surface area contributed by atoms with E-state index in [1.165, 1.54) is 10.4 Å². The summed E-state index contributed by atoms with van der Waals surface area (Å²) in [5.41, 5.74) is 0. The summed E-state index contributed by atoms with van der Waals surface area (Å²) in [5, 5.41) is 14.1. The van der Waals surface area contributed by atoms with Crippen molar-refractivity contribution >= 4 is 41.1 Å². The lowest BCUT2D eigenvalue weighted by atomic mass is 9.81. The van der Waals surface area contributed by atoms with Gasteiger partial charge in [-0.3, -0.25) is 4.79 Å². The molecule has 0 amide bonds. The molecule has 2 aromatic carbocycles. The molecule has 51 heavy (non-hydrogen) atoms. The molecule has 2 rings (SSSR count). The first-order chi connectivity index (χ1) is 23.5. The first-order valence-corrected chi connectivity index (χ1v) is 27.2. The van der Waals surface area contributed by atoms with Crippen molar-refractivity contribution in [2.75, 3.05) is 6.61 Å². The number of aliphatic hydroxyl groups excluding tert-OH is 1. The van der Waals surface area contributed by atoms with Crippen LogP contribution in [-0.4, -0.2) is 60.8 Å². The van der Waals surface area contributed by atoms with E-state index in [1.807, 2.05) is 13.8 Å². The summed E-state index contributed by atoms with van der Waals surface area (Å²) in [4.78, 5) is 12.9. The number of rotatable bonds is 20. The van der Waals surface area contributed by atoms with Crippen molar-refractivity contribution in [3.8, 4) is 0 Å². The van der Waals surface area contributed by atoms with Gasteiger partial charge in [0.05, 0.1) is 18.3 Å². The smallest absolute Gasteiger partial charge is 0.261 e. The van der Waals surface area contributed by atoms with E-state index in [4.69, 9.17) is 13.3 Å². The third kappa shape index (κ3) is 11.1.